The van der Waals surface area contributed by atoms with Gasteiger partial charge in [-0.3, -0.25) is 0 Å². The van der Waals surface area contributed by atoms with Crippen molar-refractivity contribution >= 4 is 50.7 Å². The summed E-state index contributed by atoms with van der Waals surface area (Å²) in [4.78, 5) is 0. The monoisotopic (exact) mass is 367 g/mol. The largest absolute Gasteiger partial charge is 0.494 e. The van der Waals surface area contributed by atoms with Crippen LogP contribution in [-0.2, 0) is 9.31 Å². The molecule has 3 nitrogen and oxygen atoms in total. The van der Waals surface area contributed by atoms with Crippen molar-refractivity contribution < 1.29 is 9.31 Å². The van der Waals surface area contributed by atoms with Crippen molar-refractivity contribution in [2.24, 2.45) is 0 Å². The van der Waals surface area contributed by atoms with Crippen LogP contribution in [0.2, 0.25) is 0 Å². The lowest BCUT2D eigenvalue weighted by atomic mass is 9.79. The second-order valence-corrected chi connectivity index (χ2v) is 8.92. The molecule has 3 aromatic carbocycles. The lowest BCUT2D eigenvalue weighted by Gasteiger charge is -2.32. The number of hydrogen-bond acceptors (Lipinski definition) is 2. The molecule has 1 aliphatic heterocycles. The Labute approximate surface area is 164 Å². The fourth-order valence-corrected chi connectivity index (χ4v) is 4.57. The zero-order valence-electron chi connectivity index (χ0n) is 16.6. The van der Waals surface area contributed by atoms with Gasteiger partial charge in [0, 0.05) is 21.5 Å². The van der Waals surface area contributed by atoms with Crippen LogP contribution < -0.4 is 5.46 Å². The first-order chi connectivity index (χ1) is 13.4. The Hall–Kier alpha value is -2.56. The highest BCUT2D eigenvalue weighted by Crippen LogP contribution is 2.39. The van der Waals surface area contributed by atoms with E-state index < -0.39 is 0 Å². The summed E-state index contributed by atoms with van der Waals surface area (Å²) in [6.45, 7) is 8.39. The summed E-state index contributed by atoms with van der Waals surface area (Å²) in [5.41, 5.74) is 4.13. The molecule has 138 valence electrons. The molecule has 0 radical (unpaired) electrons. The van der Waals surface area contributed by atoms with Gasteiger partial charge < -0.3 is 13.7 Å². The minimum Gasteiger partial charge on any atom is -0.399 e. The number of para-hydroxylation sites is 2. The molecule has 2 aromatic heterocycles. The zero-order valence-corrected chi connectivity index (χ0v) is 16.6. The SMILES string of the molecule is CC1(C)OB(c2ccc3c4cccc5c6ccccc6n(c3c2)c54)OC1(C)C. The predicted octanol–water partition coefficient (Wildman–Crippen LogP) is 5.14. The van der Waals surface area contributed by atoms with E-state index in [1.54, 1.807) is 0 Å². The van der Waals surface area contributed by atoms with Crippen LogP contribution in [0.15, 0.2) is 60.7 Å². The van der Waals surface area contributed by atoms with Crippen LogP contribution >= 0.6 is 0 Å². The molecule has 0 unspecified atom stereocenters. The maximum atomic E-state index is 6.30. The van der Waals surface area contributed by atoms with Crippen molar-refractivity contribution in [3.05, 3.63) is 60.7 Å². The average molecular weight is 367 g/mol. The second-order valence-electron chi connectivity index (χ2n) is 8.92. The Balaban J connectivity index is 1.66. The fourth-order valence-electron chi connectivity index (χ4n) is 4.57. The molecule has 1 aliphatic rings. The van der Waals surface area contributed by atoms with Crippen LogP contribution in [0, 0.1) is 0 Å². The Morgan fingerprint density at radius 1 is 0.679 bits per heavy atom. The Bertz CT molecular complexity index is 1370. The van der Waals surface area contributed by atoms with E-state index in [0.717, 1.165) is 5.46 Å². The number of fused-ring (bicyclic) bond motifs is 6. The molecule has 0 spiro atoms. The molecule has 28 heavy (non-hydrogen) atoms. The first-order valence-corrected chi connectivity index (χ1v) is 9.90. The summed E-state index contributed by atoms with van der Waals surface area (Å²) >= 11 is 0. The van der Waals surface area contributed by atoms with E-state index in [1.807, 2.05) is 0 Å². The summed E-state index contributed by atoms with van der Waals surface area (Å²) in [5.74, 6) is 0. The standard InChI is InChI=1S/C24H22BNO2/c1-23(2)24(3,4)28-25(27-23)15-12-13-17-19-10-7-9-18-16-8-5-6-11-20(16)26(22(18)19)21(17)14-15/h5-14H,1-4H3. The molecule has 0 aliphatic carbocycles. The van der Waals surface area contributed by atoms with Gasteiger partial charge in [0.05, 0.1) is 27.8 Å². The molecule has 5 aromatic rings. The van der Waals surface area contributed by atoms with Crippen molar-refractivity contribution in [1.29, 1.82) is 0 Å². The number of hydrogen-bond donors (Lipinski definition) is 0. The molecular weight excluding hydrogens is 345 g/mol. The molecule has 0 N–H and O–H groups in total. The fraction of sp³-hybridized carbons (Fsp3) is 0.250. The van der Waals surface area contributed by atoms with Gasteiger partial charge in [-0.15, -0.1) is 0 Å². The zero-order chi connectivity index (χ0) is 19.3. The lowest BCUT2D eigenvalue weighted by molar-refractivity contribution is 0.00578. The third-order valence-corrected chi connectivity index (χ3v) is 6.77. The Morgan fingerprint density at radius 2 is 1.29 bits per heavy atom. The highest BCUT2D eigenvalue weighted by Gasteiger charge is 2.51. The number of aromatic nitrogens is 1. The lowest BCUT2D eigenvalue weighted by Crippen LogP contribution is -2.41. The molecule has 4 heteroatoms. The summed E-state index contributed by atoms with van der Waals surface area (Å²) in [6, 6.07) is 21.8. The molecule has 1 saturated heterocycles. The van der Waals surface area contributed by atoms with Gasteiger partial charge in [-0.05, 0) is 45.3 Å². The van der Waals surface area contributed by atoms with Gasteiger partial charge >= 0.3 is 7.12 Å². The molecular formula is C24H22BNO2. The molecule has 6 rings (SSSR count). The van der Waals surface area contributed by atoms with Gasteiger partial charge in [-0.2, -0.15) is 0 Å². The van der Waals surface area contributed by atoms with E-state index in [2.05, 4.69) is 92.8 Å². The molecule has 0 bridgehead atoms. The van der Waals surface area contributed by atoms with Gasteiger partial charge in [0.15, 0.2) is 0 Å². The van der Waals surface area contributed by atoms with Crippen LogP contribution in [0.3, 0.4) is 0 Å². The first kappa shape index (κ1) is 16.4. The molecule has 1 fully saturated rings. The van der Waals surface area contributed by atoms with Crippen LogP contribution in [0.5, 0.6) is 0 Å². The van der Waals surface area contributed by atoms with Gasteiger partial charge in [0.1, 0.15) is 0 Å². The van der Waals surface area contributed by atoms with Crippen LogP contribution in [0.25, 0.3) is 38.1 Å². The van der Waals surface area contributed by atoms with Gasteiger partial charge in [0.25, 0.3) is 0 Å². The van der Waals surface area contributed by atoms with Crippen LogP contribution in [-0.4, -0.2) is 22.7 Å². The summed E-state index contributed by atoms with van der Waals surface area (Å²) in [5, 5.41) is 5.17. The second kappa shape index (κ2) is 5.08. The van der Waals surface area contributed by atoms with Crippen LogP contribution in [0.1, 0.15) is 27.7 Å². The predicted molar refractivity (Wildman–Crippen MR) is 117 cm³/mol. The van der Waals surface area contributed by atoms with Crippen molar-refractivity contribution in [2.75, 3.05) is 0 Å². The topological polar surface area (TPSA) is 22.9 Å². The summed E-state index contributed by atoms with van der Waals surface area (Å²) < 4.78 is 15.0. The van der Waals surface area contributed by atoms with E-state index in [4.69, 9.17) is 9.31 Å². The van der Waals surface area contributed by atoms with Gasteiger partial charge in [-0.25, -0.2) is 0 Å². The van der Waals surface area contributed by atoms with Crippen molar-refractivity contribution in [3.63, 3.8) is 0 Å². The molecule has 0 amide bonds. The quantitative estimate of drug-likeness (QED) is 0.383. The van der Waals surface area contributed by atoms with Crippen molar-refractivity contribution in [3.8, 4) is 0 Å². The van der Waals surface area contributed by atoms with Crippen LogP contribution in [0.4, 0.5) is 0 Å². The van der Waals surface area contributed by atoms with E-state index >= 15 is 0 Å². The summed E-state index contributed by atoms with van der Waals surface area (Å²) in [7, 11) is -0.351. The van der Waals surface area contributed by atoms with E-state index in [0.29, 0.717) is 0 Å². The molecule has 3 heterocycles. The minimum atomic E-state index is -0.351. The first-order valence-electron chi connectivity index (χ1n) is 9.90. The number of nitrogens with zero attached hydrogens (tertiary/aromatic N) is 1. The van der Waals surface area contributed by atoms with Gasteiger partial charge in [0.2, 0.25) is 0 Å². The maximum absolute atomic E-state index is 6.30. The van der Waals surface area contributed by atoms with Crippen molar-refractivity contribution in [1.82, 2.24) is 4.40 Å². The third kappa shape index (κ3) is 1.92. The third-order valence-electron chi connectivity index (χ3n) is 6.77. The molecule has 0 atom stereocenters. The van der Waals surface area contributed by atoms with E-state index in [9.17, 15) is 0 Å². The van der Waals surface area contributed by atoms with Crippen molar-refractivity contribution in [2.45, 2.75) is 38.9 Å². The number of rotatable bonds is 1. The van der Waals surface area contributed by atoms with E-state index in [-0.39, 0.29) is 18.3 Å². The normalized spacial score (nSPS) is 18.9. The Morgan fingerprint density at radius 3 is 2.00 bits per heavy atom. The maximum Gasteiger partial charge on any atom is 0.494 e. The van der Waals surface area contributed by atoms with E-state index in [1.165, 1.54) is 38.1 Å². The average Bonchev–Trinajstić information content (AvgIpc) is 3.25. The smallest absolute Gasteiger partial charge is 0.399 e. The molecule has 0 saturated carbocycles. The van der Waals surface area contributed by atoms with Gasteiger partial charge in [-0.1, -0.05) is 48.5 Å². The number of benzene rings is 3. The Kier molecular flexibility index (Phi) is 2.97. The summed E-state index contributed by atoms with van der Waals surface area (Å²) in [6.07, 6.45) is 0. The minimum absolute atomic E-state index is 0.340. The highest BCUT2D eigenvalue weighted by molar-refractivity contribution is 6.62. The highest BCUT2D eigenvalue weighted by atomic mass is 16.7.